The summed E-state index contributed by atoms with van der Waals surface area (Å²) in [4.78, 5) is 12.0. The summed E-state index contributed by atoms with van der Waals surface area (Å²) in [5.74, 6) is 1.58. The standard InChI is InChI=1S/C21H25NO5/c1-25-18-13-16(14-19(26-2)20(18)27-3)6-5-15-7-9-17(10-8-15)21(24)22-11-4-12-23/h5-10,13-14,23H,4,11-12H2,1-3H3,(H,22,24)/b6-5+. The number of ether oxygens (including phenoxy) is 3. The second-order valence-electron chi connectivity index (χ2n) is 5.75. The highest BCUT2D eigenvalue weighted by Gasteiger charge is 2.12. The Labute approximate surface area is 159 Å². The lowest BCUT2D eigenvalue weighted by atomic mass is 10.1. The van der Waals surface area contributed by atoms with E-state index in [-0.39, 0.29) is 12.5 Å². The van der Waals surface area contributed by atoms with E-state index in [1.54, 1.807) is 33.5 Å². The fourth-order valence-corrected chi connectivity index (χ4v) is 2.52. The first kappa shape index (κ1) is 20.3. The summed E-state index contributed by atoms with van der Waals surface area (Å²) in [6, 6.07) is 11.0. The Morgan fingerprint density at radius 3 is 2.07 bits per heavy atom. The molecule has 0 fully saturated rings. The van der Waals surface area contributed by atoms with Crippen LogP contribution in [0.25, 0.3) is 12.2 Å². The SMILES string of the molecule is COc1cc(/C=C/c2ccc(C(=O)NCCCO)cc2)cc(OC)c1OC. The van der Waals surface area contributed by atoms with Gasteiger partial charge in [0.2, 0.25) is 5.75 Å². The number of rotatable bonds is 9. The summed E-state index contributed by atoms with van der Waals surface area (Å²) >= 11 is 0. The predicted molar refractivity (Wildman–Crippen MR) is 106 cm³/mol. The molecule has 2 N–H and O–H groups in total. The zero-order valence-corrected chi connectivity index (χ0v) is 15.8. The van der Waals surface area contributed by atoms with Crippen molar-refractivity contribution in [3.05, 3.63) is 53.1 Å². The number of methoxy groups -OCH3 is 3. The molecule has 0 atom stereocenters. The van der Waals surface area contributed by atoms with Crippen molar-refractivity contribution in [2.75, 3.05) is 34.5 Å². The predicted octanol–water partition coefficient (Wildman–Crippen LogP) is 3.00. The molecule has 0 spiro atoms. The van der Waals surface area contributed by atoms with Crippen molar-refractivity contribution in [3.63, 3.8) is 0 Å². The molecule has 0 bridgehead atoms. The van der Waals surface area contributed by atoms with Crippen LogP contribution in [0.5, 0.6) is 17.2 Å². The molecule has 0 aromatic heterocycles. The number of aliphatic hydroxyl groups excluding tert-OH is 1. The van der Waals surface area contributed by atoms with Crippen molar-refractivity contribution in [2.45, 2.75) is 6.42 Å². The van der Waals surface area contributed by atoms with E-state index < -0.39 is 0 Å². The molecule has 0 heterocycles. The Kier molecular flexibility index (Phi) is 7.70. The van der Waals surface area contributed by atoms with Gasteiger partial charge in [-0.05, 0) is 41.8 Å². The van der Waals surface area contributed by atoms with Gasteiger partial charge in [0.05, 0.1) is 21.3 Å². The van der Waals surface area contributed by atoms with E-state index >= 15 is 0 Å². The molecule has 0 aliphatic heterocycles. The quantitative estimate of drug-likeness (QED) is 0.523. The first-order valence-electron chi connectivity index (χ1n) is 8.60. The van der Waals surface area contributed by atoms with Gasteiger partial charge in [0.1, 0.15) is 0 Å². The molecule has 0 unspecified atom stereocenters. The third kappa shape index (κ3) is 5.49. The van der Waals surface area contributed by atoms with Gasteiger partial charge in [-0.15, -0.1) is 0 Å². The van der Waals surface area contributed by atoms with Gasteiger partial charge in [0.25, 0.3) is 5.91 Å². The summed E-state index contributed by atoms with van der Waals surface area (Å²) in [6.07, 6.45) is 4.41. The number of amides is 1. The third-order valence-electron chi connectivity index (χ3n) is 3.95. The lowest BCUT2D eigenvalue weighted by molar-refractivity contribution is 0.0951. The van der Waals surface area contributed by atoms with Crippen molar-refractivity contribution in [1.29, 1.82) is 0 Å². The summed E-state index contributed by atoms with van der Waals surface area (Å²) in [7, 11) is 4.72. The highest BCUT2D eigenvalue weighted by atomic mass is 16.5. The first-order chi connectivity index (χ1) is 13.1. The topological polar surface area (TPSA) is 77.0 Å². The molecule has 27 heavy (non-hydrogen) atoms. The van der Waals surface area contributed by atoms with E-state index in [1.165, 1.54) is 0 Å². The van der Waals surface area contributed by atoms with Crippen LogP contribution < -0.4 is 19.5 Å². The Hall–Kier alpha value is -2.99. The van der Waals surface area contributed by atoms with Crippen LogP contribution in [0.4, 0.5) is 0 Å². The van der Waals surface area contributed by atoms with Crippen LogP contribution in [0.1, 0.15) is 27.9 Å². The van der Waals surface area contributed by atoms with E-state index in [0.29, 0.717) is 35.8 Å². The Morgan fingerprint density at radius 2 is 1.56 bits per heavy atom. The average molecular weight is 371 g/mol. The van der Waals surface area contributed by atoms with Gasteiger partial charge in [-0.2, -0.15) is 0 Å². The summed E-state index contributed by atoms with van der Waals surface area (Å²) in [5.41, 5.74) is 2.43. The maximum atomic E-state index is 12.0. The Bertz CT molecular complexity index is 759. The van der Waals surface area contributed by atoms with Crippen LogP contribution in [0.15, 0.2) is 36.4 Å². The number of hydrogen-bond acceptors (Lipinski definition) is 5. The molecular formula is C21H25NO5. The summed E-state index contributed by atoms with van der Waals surface area (Å²) in [5, 5.41) is 11.5. The molecule has 2 aromatic rings. The Morgan fingerprint density at radius 1 is 0.963 bits per heavy atom. The summed E-state index contributed by atoms with van der Waals surface area (Å²) < 4.78 is 16.0. The fraction of sp³-hybridized carbons (Fsp3) is 0.286. The zero-order chi connectivity index (χ0) is 19.6. The summed E-state index contributed by atoms with van der Waals surface area (Å²) in [6.45, 7) is 0.517. The number of aliphatic hydroxyl groups is 1. The van der Waals surface area contributed by atoms with Gasteiger partial charge in [-0.25, -0.2) is 0 Å². The molecule has 2 aromatic carbocycles. The van der Waals surface area contributed by atoms with Gasteiger partial charge in [-0.1, -0.05) is 24.3 Å². The third-order valence-corrected chi connectivity index (χ3v) is 3.95. The number of benzene rings is 2. The van der Waals surface area contributed by atoms with Crippen molar-refractivity contribution in [1.82, 2.24) is 5.32 Å². The highest BCUT2D eigenvalue weighted by molar-refractivity contribution is 5.94. The minimum Gasteiger partial charge on any atom is -0.493 e. The van der Waals surface area contributed by atoms with Crippen molar-refractivity contribution in [3.8, 4) is 17.2 Å². The maximum Gasteiger partial charge on any atom is 0.251 e. The second-order valence-corrected chi connectivity index (χ2v) is 5.75. The molecule has 0 radical (unpaired) electrons. The molecule has 6 nitrogen and oxygen atoms in total. The monoisotopic (exact) mass is 371 g/mol. The molecule has 0 aliphatic rings. The van der Waals surface area contributed by atoms with Gasteiger partial charge >= 0.3 is 0 Å². The lowest BCUT2D eigenvalue weighted by Crippen LogP contribution is -2.24. The van der Waals surface area contributed by atoms with Crippen LogP contribution in [-0.2, 0) is 0 Å². The first-order valence-corrected chi connectivity index (χ1v) is 8.60. The lowest BCUT2D eigenvalue weighted by Gasteiger charge is -2.12. The van der Waals surface area contributed by atoms with E-state index in [4.69, 9.17) is 19.3 Å². The molecule has 6 heteroatoms. The molecule has 0 saturated heterocycles. The van der Waals surface area contributed by atoms with Crippen LogP contribution in [0.3, 0.4) is 0 Å². The normalized spacial score (nSPS) is 10.7. The van der Waals surface area contributed by atoms with E-state index in [1.807, 2.05) is 36.4 Å². The largest absolute Gasteiger partial charge is 0.493 e. The van der Waals surface area contributed by atoms with E-state index in [9.17, 15) is 4.79 Å². The smallest absolute Gasteiger partial charge is 0.251 e. The van der Waals surface area contributed by atoms with Crippen molar-refractivity contribution in [2.24, 2.45) is 0 Å². The molecule has 0 aliphatic carbocycles. The maximum absolute atomic E-state index is 12.0. The molecular weight excluding hydrogens is 346 g/mol. The average Bonchev–Trinajstić information content (AvgIpc) is 2.71. The van der Waals surface area contributed by atoms with E-state index in [2.05, 4.69) is 5.32 Å². The van der Waals surface area contributed by atoms with Crippen molar-refractivity contribution >= 4 is 18.1 Å². The number of carbonyl (C=O) groups excluding carboxylic acids is 1. The second kappa shape index (κ2) is 10.2. The van der Waals surface area contributed by atoms with Gasteiger partial charge < -0.3 is 24.6 Å². The van der Waals surface area contributed by atoms with Gasteiger partial charge in [0, 0.05) is 18.7 Å². The number of carbonyl (C=O) groups is 1. The molecule has 2 rings (SSSR count). The number of hydrogen-bond donors (Lipinski definition) is 2. The van der Waals surface area contributed by atoms with Crippen LogP contribution in [-0.4, -0.2) is 45.5 Å². The molecule has 144 valence electrons. The van der Waals surface area contributed by atoms with Crippen LogP contribution >= 0.6 is 0 Å². The highest BCUT2D eigenvalue weighted by Crippen LogP contribution is 2.38. The van der Waals surface area contributed by atoms with Crippen LogP contribution in [0, 0.1) is 0 Å². The molecule has 0 saturated carbocycles. The number of nitrogens with one attached hydrogen (secondary N) is 1. The fourth-order valence-electron chi connectivity index (χ4n) is 2.52. The van der Waals surface area contributed by atoms with Crippen molar-refractivity contribution < 1.29 is 24.1 Å². The van der Waals surface area contributed by atoms with E-state index in [0.717, 1.165) is 11.1 Å². The zero-order valence-electron chi connectivity index (χ0n) is 15.8. The molecule has 1 amide bonds. The minimum atomic E-state index is -0.149. The Balaban J connectivity index is 2.12. The minimum absolute atomic E-state index is 0.0605. The van der Waals surface area contributed by atoms with Gasteiger partial charge in [-0.3, -0.25) is 4.79 Å². The van der Waals surface area contributed by atoms with Crippen LogP contribution in [0.2, 0.25) is 0 Å². The van der Waals surface area contributed by atoms with Gasteiger partial charge in [0.15, 0.2) is 11.5 Å².